The standard InChI is InChI=1S/C52H81NO12/c1-31-17-13-12-14-18-32(2)44(62-10)29-40-23-21-38(8)52(60,65-40)49(57)50(58)53-24-16-15-19-41(53)51(59)64-45(35(5)27-39-22-20-33(3)43(28-39)61-9)30-42(54)34(4)26-37(7)47(56)48(63-11)46(55)36(6)25-31/h12-14,17-18,26,31,33-36,38-41,43-45,47-48,56,60H,15-16,19-25,27-30H2,1-11H3/b14-12+,17-13+,32-18+,37-26+/t31-,33-,34-,35-,36?,38-,39+,40+,41+,43-,44+,45+,47-,48?,52?/m1/s1. The number of carbonyl (C=O) groups is 5. The Morgan fingerprint density at radius 2 is 1.57 bits per heavy atom. The number of ether oxygens (including phenoxy) is 5. The molecule has 3 heterocycles. The molecule has 1 amide bonds. The zero-order valence-electron chi connectivity index (χ0n) is 41.2. The first kappa shape index (κ1) is 54.3. The van der Waals surface area contributed by atoms with Crippen molar-refractivity contribution in [1.29, 1.82) is 0 Å². The Kier molecular flexibility index (Phi) is 21.0. The van der Waals surface area contributed by atoms with E-state index in [1.807, 2.05) is 58.1 Å². The van der Waals surface area contributed by atoms with Crippen molar-refractivity contribution in [2.24, 2.45) is 41.4 Å². The van der Waals surface area contributed by atoms with Crippen molar-refractivity contribution in [2.45, 2.75) is 181 Å². The first-order valence-corrected chi connectivity index (χ1v) is 24.2. The molecular formula is C52H81NO12. The lowest BCUT2D eigenvalue weighted by atomic mass is 9.76. The van der Waals surface area contributed by atoms with Gasteiger partial charge in [0.1, 0.15) is 30.1 Å². The van der Waals surface area contributed by atoms with Crippen LogP contribution in [0.25, 0.3) is 0 Å². The van der Waals surface area contributed by atoms with Crippen molar-refractivity contribution >= 4 is 29.2 Å². The molecule has 1 saturated carbocycles. The summed E-state index contributed by atoms with van der Waals surface area (Å²) in [6.07, 6.45) is 13.6. The van der Waals surface area contributed by atoms with E-state index in [4.69, 9.17) is 23.7 Å². The number of aliphatic hydroxyl groups excluding tert-OH is 1. The highest BCUT2D eigenvalue weighted by molar-refractivity contribution is 6.39. The molecule has 0 radical (unpaired) electrons. The minimum Gasteiger partial charge on any atom is -0.460 e. The molecule has 3 fully saturated rings. The van der Waals surface area contributed by atoms with E-state index in [0.29, 0.717) is 56.4 Å². The van der Waals surface area contributed by atoms with Gasteiger partial charge < -0.3 is 38.8 Å². The Labute approximate surface area is 388 Å². The maximum absolute atomic E-state index is 14.4. The lowest BCUT2D eigenvalue weighted by Crippen LogP contribution is -2.61. The topological polar surface area (TPSA) is 175 Å². The van der Waals surface area contributed by atoms with E-state index in [2.05, 4.69) is 6.92 Å². The molecule has 3 aliphatic heterocycles. The van der Waals surface area contributed by atoms with Crippen molar-refractivity contribution in [3.8, 4) is 0 Å². The van der Waals surface area contributed by atoms with Crippen molar-refractivity contribution in [3.63, 3.8) is 0 Å². The molecule has 2 N–H and O–H groups in total. The SMILES string of the molecule is COC1C(=O)C(C)C[C@H](C)/C=C/C=C/C=C(\C)[C@@H](OC)C[C@@H]2CC[C@@H](C)C(O)(O2)C(=O)C(=O)N2CCCC[C@H]2C(=O)O[C@H]([C@H](C)C[C@@H]2CC[C@@H](C)[C@H](OC)C2)CC(=O)[C@H](C)/C=C(\C)[C@H]1O. The number of methoxy groups -OCH3 is 3. The van der Waals surface area contributed by atoms with Gasteiger partial charge in [-0.25, -0.2) is 4.79 Å². The van der Waals surface area contributed by atoms with E-state index in [1.54, 1.807) is 41.1 Å². The van der Waals surface area contributed by atoms with Crippen molar-refractivity contribution in [3.05, 3.63) is 47.6 Å². The molecule has 15 atom stereocenters. The van der Waals surface area contributed by atoms with Crippen LogP contribution in [0.15, 0.2) is 47.6 Å². The quantitative estimate of drug-likeness (QED) is 0.153. The Balaban J connectivity index is 1.70. The average Bonchev–Trinajstić information content (AvgIpc) is 3.28. The number of fused-ring (bicyclic) bond motifs is 3. The summed E-state index contributed by atoms with van der Waals surface area (Å²) >= 11 is 0. The molecule has 3 unspecified atom stereocenters. The number of cyclic esters (lactones) is 1. The summed E-state index contributed by atoms with van der Waals surface area (Å²) in [5.41, 5.74) is 1.30. The minimum absolute atomic E-state index is 0.0304. The maximum atomic E-state index is 14.4. The molecule has 13 nitrogen and oxygen atoms in total. The smallest absolute Gasteiger partial charge is 0.329 e. The van der Waals surface area contributed by atoms with E-state index in [1.165, 1.54) is 12.0 Å². The third-order valence-corrected chi connectivity index (χ3v) is 14.8. The zero-order chi connectivity index (χ0) is 48.2. The highest BCUT2D eigenvalue weighted by Crippen LogP contribution is 2.38. The van der Waals surface area contributed by atoms with Crippen LogP contribution >= 0.6 is 0 Å². The van der Waals surface area contributed by atoms with E-state index >= 15 is 0 Å². The fraction of sp³-hybridized carbons (Fsp3) is 0.750. The van der Waals surface area contributed by atoms with Crippen LogP contribution in [0.2, 0.25) is 0 Å². The number of piperidine rings is 1. The van der Waals surface area contributed by atoms with Gasteiger partial charge in [-0.3, -0.25) is 19.2 Å². The number of Topliss-reactive ketones (excluding diaryl/α,β-unsaturated/α-hetero) is 3. The number of amides is 1. The van der Waals surface area contributed by atoms with E-state index in [9.17, 15) is 34.2 Å². The van der Waals surface area contributed by atoms with Gasteiger partial charge in [0.15, 0.2) is 5.78 Å². The number of esters is 1. The van der Waals surface area contributed by atoms with Gasteiger partial charge in [-0.2, -0.15) is 0 Å². The Hall–Kier alpha value is -3.33. The monoisotopic (exact) mass is 912 g/mol. The fourth-order valence-electron chi connectivity index (χ4n) is 10.4. The zero-order valence-corrected chi connectivity index (χ0v) is 41.2. The third-order valence-electron chi connectivity index (χ3n) is 14.8. The minimum atomic E-state index is -2.41. The highest BCUT2D eigenvalue weighted by atomic mass is 16.6. The summed E-state index contributed by atoms with van der Waals surface area (Å²) in [6, 6.07) is -1.11. The van der Waals surface area contributed by atoms with Crippen LogP contribution in [0.5, 0.6) is 0 Å². The molecule has 2 saturated heterocycles. The number of nitrogens with zero attached hydrogens (tertiary/aromatic N) is 1. The van der Waals surface area contributed by atoms with Crippen LogP contribution in [0.1, 0.15) is 132 Å². The van der Waals surface area contributed by atoms with Crippen LogP contribution in [0.4, 0.5) is 0 Å². The number of ketones is 3. The number of hydrogen-bond donors (Lipinski definition) is 2. The number of rotatable bonds is 6. The van der Waals surface area contributed by atoms with Gasteiger partial charge in [0.05, 0.1) is 18.3 Å². The summed E-state index contributed by atoms with van der Waals surface area (Å²) in [4.78, 5) is 71.9. The van der Waals surface area contributed by atoms with Crippen LogP contribution in [0.3, 0.4) is 0 Å². The molecule has 0 aromatic heterocycles. The van der Waals surface area contributed by atoms with Crippen LogP contribution < -0.4 is 0 Å². The fourth-order valence-corrected chi connectivity index (χ4v) is 10.4. The maximum Gasteiger partial charge on any atom is 0.329 e. The van der Waals surface area contributed by atoms with Gasteiger partial charge in [-0.1, -0.05) is 78.0 Å². The Morgan fingerprint density at radius 3 is 2.25 bits per heavy atom. The molecular weight excluding hydrogens is 831 g/mol. The Morgan fingerprint density at radius 1 is 0.846 bits per heavy atom. The van der Waals surface area contributed by atoms with Crippen molar-refractivity contribution < 1.29 is 57.9 Å². The lowest BCUT2D eigenvalue weighted by molar-refractivity contribution is -0.265. The molecule has 4 rings (SSSR count). The molecule has 65 heavy (non-hydrogen) atoms. The lowest BCUT2D eigenvalue weighted by Gasteiger charge is -2.42. The van der Waals surface area contributed by atoms with E-state index < -0.39 is 77.8 Å². The first-order chi connectivity index (χ1) is 30.7. The van der Waals surface area contributed by atoms with Crippen LogP contribution in [-0.2, 0) is 47.7 Å². The third kappa shape index (κ3) is 14.3. The predicted molar refractivity (Wildman–Crippen MR) is 248 cm³/mol. The summed E-state index contributed by atoms with van der Waals surface area (Å²) in [7, 11) is 4.70. The van der Waals surface area contributed by atoms with Gasteiger partial charge in [-0.05, 0) is 113 Å². The first-order valence-electron chi connectivity index (χ1n) is 24.2. The second kappa shape index (κ2) is 25.2. The number of aliphatic hydroxyl groups is 2. The number of allylic oxidation sites excluding steroid dienone is 6. The molecule has 13 heteroatoms. The molecule has 0 aromatic carbocycles. The molecule has 4 aliphatic rings. The molecule has 0 aromatic rings. The Bertz CT molecular complexity index is 1750. The molecule has 2 bridgehead atoms. The summed E-state index contributed by atoms with van der Waals surface area (Å²) in [6.45, 7) is 15.1. The second-order valence-electron chi connectivity index (χ2n) is 20.0. The van der Waals surface area contributed by atoms with Crippen LogP contribution in [-0.4, -0.2) is 121 Å². The number of hydrogen-bond acceptors (Lipinski definition) is 12. The van der Waals surface area contributed by atoms with Gasteiger partial charge in [-0.15, -0.1) is 0 Å². The average molecular weight is 912 g/mol. The summed E-state index contributed by atoms with van der Waals surface area (Å²) in [5.74, 6) is -7.07. The normalized spacial score (nSPS) is 40.4. The summed E-state index contributed by atoms with van der Waals surface area (Å²) < 4.78 is 29.7. The van der Waals surface area contributed by atoms with Gasteiger partial charge in [0.2, 0.25) is 5.79 Å². The van der Waals surface area contributed by atoms with Gasteiger partial charge in [0, 0.05) is 58.5 Å². The van der Waals surface area contributed by atoms with Crippen molar-refractivity contribution in [1.82, 2.24) is 4.90 Å². The number of carbonyl (C=O) groups excluding carboxylic acids is 5. The van der Waals surface area contributed by atoms with E-state index in [0.717, 1.165) is 24.8 Å². The highest BCUT2D eigenvalue weighted by Gasteiger charge is 2.53. The molecule has 1 aliphatic carbocycles. The van der Waals surface area contributed by atoms with Crippen LogP contribution in [0, 0.1) is 41.4 Å². The molecule has 0 spiro atoms. The molecule has 366 valence electrons. The second-order valence-corrected chi connectivity index (χ2v) is 20.0. The van der Waals surface area contributed by atoms with Gasteiger partial charge >= 0.3 is 5.97 Å². The van der Waals surface area contributed by atoms with Crippen molar-refractivity contribution in [2.75, 3.05) is 27.9 Å². The van der Waals surface area contributed by atoms with Gasteiger partial charge in [0.25, 0.3) is 11.7 Å². The largest absolute Gasteiger partial charge is 0.460 e. The predicted octanol–water partition coefficient (Wildman–Crippen LogP) is 7.46. The van der Waals surface area contributed by atoms with E-state index in [-0.39, 0.29) is 54.8 Å². The summed E-state index contributed by atoms with van der Waals surface area (Å²) in [5, 5.41) is 23.4.